The van der Waals surface area contributed by atoms with Crippen molar-refractivity contribution in [1.82, 2.24) is 9.80 Å². The van der Waals surface area contributed by atoms with E-state index in [1.54, 1.807) is 18.2 Å². The summed E-state index contributed by atoms with van der Waals surface area (Å²) < 4.78 is 13.7. The van der Waals surface area contributed by atoms with Gasteiger partial charge in [-0.2, -0.15) is 0 Å². The minimum absolute atomic E-state index is 0.0274. The van der Waals surface area contributed by atoms with Gasteiger partial charge < -0.3 is 14.9 Å². The third kappa shape index (κ3) is 4.50. The Bertz CT molecular complexity index is 433. The van der Waals surface area contributed by atoms with E-state index in [0.29, 0.717) is 5.56 Å². The molecule has 1 fully saturated rings. The van der Waals surface area contributed by atoms with Crippen LogP contribution >= 0.6 is 0 Å². The van der Waals surface area contributed by atoms with Crippen molar-refractivity contribution in [3.05, 3.63) is 35.6 Å². The van der Waals surface area contributed by atoms with E-state index in [-0.39, 0.29) is 11.7 Å². The van der Waals surface area contributed by atoms with E-state index in [2.05, 4.69) is 16.7 Å². The predicted molar refractivity (Wildman–Crippen MR) is 83.7 cm³/mol. The van der Waals surface area contributed by atoms with E-state index < -0.39 is 6.10 Å². The lowest BCUT2D eigenvalue weighted by Crippen LogP contribution is -2.48. The summed E-state index contributed by atoms with van der Waals surface area (Å²) in [6.45, 7) is 10.4. The second-order valence-electron chi connectivity index (χ2n) is 6.09. The third-order valence-corrected chi connectivity index (χ3v) is 4.31. The van der Waals surface area contributed by atoms with Crippen LogP contribution in [-0.2, 0) is 0 Å². The quantitative estimate of drug-likeness (QED) is 0.873. The molecule has 0 aliphatic carbocycles. The van der Waals surface area contributed by atoms with Gasteiger partial charge in [-0.05, 0) is 24.9 Å². The molecule has 1 aromatic rings. The number of piperazine rings is 1. The number of rotatable bonds is 6. The van der Waals surface area contributed by atoms with Gasteiger partial charge in [0.1, 0.15) is 5.82 Å². The number of nitrogens with zero attached hydrogens (tertiary/aromatic N) is 2. The Labute approximate surface area is 127 Å². The van der Waals surface area contributed by atoms with Gasteiger partial charge in [0.15, 0.2) is 0 Å². The highest BCUT2D eigenvalue weighted by Crippen LogP contribution is 2.25. The van der Waals surface area contributed by atoms with Gasteiger partial charge in [0.25, 0.3) is 0 Å². The molecular formula is C17H27FN2O. The molecule has 0 bridgehead atoms. The molecule has 1 aromatic carbocycles. The maximum atomic E-state index is 13.7. The van der Waals surface area contributed by atoms with Crippen molar-refractivity contribution in [2.75, 3.05) is 39.3 Å². The summed E-state index contributed by atoms with van der Waals surface area (Å²) in [6, 6.07) is 6.52. The van der Waals surface area contributed by atoms with Crippen molar-refractivity contribution in [3.8, 4) is 0 Å². The fraction of sp³-hybridized carbons (Fsp3) is 0.647. The first kappa shape index (κ1) is 16.4. The molecule has 0 amide bonds. The molecule has 0 spiro atoms. The zero-order chi connectivity index (χ0) is 15.2. The van der Waals surface area contributed by atoms with Crippen LogP contribution in [0.3, 0.4) is 0 Å². The molecular weight excluding hydrogens is 267 g/mol. The van der Waals surface area contributed by atoms with Crippen LogP contribution < -0.4 is 0 Å². The predicted octanol–water partition coefficient (Wildman–Crippen LogP) is 2.52. The number of halogens is 1. The van der Waals surface area contributed by atoms with Gasteiger partial charge in [0.2, 0.25) is 0 Å². The minimum atomic E-state index is -0.736. The second kappa shape index (κ2) is 7.87. The Balaban J connectivity index is 1.85. The van der Waals surface area contributed by atoms with Crippen LogP contribution in [0, 0.1) is 11.7 Å². The van der Waals surface area contributed by atoms with E-state index in [9.17, 15) is 9.50 Å². The van der Waals surface area contributed by atoms with E-state index in [1.807, 2.05) is 6.92 Å². The summed E-state index contributed by atoms with van der Waals surface area (Å²) in [5.41, 5.74) is 0.412. The van der Waals surface area contributed by atoms with E-state index in [4.69, 9.17) is 0 Å². The maximum absolute atomic E-state index is 13.7. The average molecular weight is 294 g/mol. The number of benzene rings is 1. The smallest absolute Gasteiger partial charge is 0.129 e. The van der Waals surface area contributed by atoms with Crippen LogP contribution in [0.4, 0.5) is 4.39 Å². The molecule has 3 nitrogen and oxygen atoms in total. The summed E-state index contributed by atoms with van der Waals surface area (Å²) in [6.07, 6.45) is 0.461. The van der Waals surface area contributed by atoms with Crippen molar-refractivity contribution in [1.29, 1.82) is 0 Å². The molecule has 1 saturated heterocycles. The first-order valence-corrected chi connectivity index (χ1v) is 7.99. The number of aliphatic hydroxyl groups is 1. The largest absolute Gasteiger partial charge is 0.388 e. The molecule has 118 valence electrons. The zero-order valence-corrected chi connectivity index (χ0v) is 13.1. The van der Waals surface area contributed by atoms with Crippen molar-refractivity contribution in [3.63, 3.8) is 0 Å². The number of hydrogen-bond acceptors (Lipinski definition) is 3. The first-order chi connectivity index (χ1) is 10.1. The molecule has 2 rings (SSSR count). The van der Waals surface area contributed by atoms with Crippen molar-refractivity contribution in [2.45, 2.75) is 26.4 Å². The highest BCUT2D eigenvalue weighted by atomic mass is 19.1. The highest BCUT2D eigenvalue weighted by molar-refractivity contribution is 5.20. The molecule has 0 aromatic heterocycles. The number of hydrogen-bond donors (Lipinski definition) is 1. The van der Waals surface area contributed by atoms with E-state index >= 15 is 0 Å². The summed E-state index contributed by atoms with van der Waals surface area (Å²) in [5, 5.41) is 10.4. The van der Waals surface area contributed by atoms with Crippen LogP contribution in [0.1, 0.15) is 31.9 Å². The molecule has 1 heterocycles. The van der Waals surface area contributed by atoms with Crippen molar-refractivity contribution in [2.24, 2.45) is 5.92 Å². The van der Waals surface area contributed by atoms with Crippen LogP contribution in [0.25, 0.3) is 0 Å². The van der Waals surface area contributed by atoms with E-state index in [1.165, 1.54) is 19.0 Å². The maximum Gasteiger partial charge on any atom is 0.129 e. The Morgan fingerprint density at radius 3 is 2.38 bits per heavy atom. The minimum Gasteiger partial charge on any atom is -0.388 e. The Morgan fingerprint density at radius 1 is 1.14 bits per heavy atom. The van der Waals surface area contributed by atoms with Crippen LogP contribution in [0.15, 0.2) is 24.3 Å². The van der Waals surface area contributed by atoms with Gasteiger partial charge in [-0.1, -0.05) is 32.0 Å². The van der Waals surface area contributed by atoms with Crippen LogP contribution in [-0.4, -0.2) is 54.2 Å². The SMILES string of the molecule is CCCN1CCN(CC(C)C(O)c2ccccc2F)CC1. The molecule has 0 saturated carbocycles. The monoisotopic (exact) mass is 294 g/mol. The average Bonchev–Trinajstić information content (AvgIpc) is 2.49. The standard InChI is InChI=1S/C17H27FN2O/c1-3-8-19-9-11-20(12-10-19)13-14(2)17(21)15-6-4-5-7-16(15)18/h4-7,14,17,21H,3,8-13H2,1-2H3. The molecule has 1 aliphatic rings. The lowest BCUT2D eigenvalue weighted by atomic mass is 9.96. The zero-order valence-electron chi connectivity index (χ0n) is 13.1. The molecule has 2 unspecified atom stereocenters. The fourth-order valence-corrected chi connectivity index (χ4v) is 3.04. The Morgan fingerprint density at radius 2 is 1.76 bits per heavy atom. The van der Waals surface area contributed by atoms with Gasteiger partial charge >= 0.3 is 0 Å². The topological polar surface area (TPSA) is 26.7 Å². The van der Waals surface area contributed by atoms with Gasteiger partial charge in [-0.3, -0.25) is 0 Å². The lowest BCUT2D eigenvalue weighted by molar-refractivity contribution is 0.0628. The van der Waals surface area contributed by atoms with Crippen LogP contribution in [0.2, 0.25) is 0 Å². The van der Waals surface area contributed by atoms with Gasteiger partial charge in [0, 0.05) is 38.3 Å². The fourth-order valence-electron chi connectivity index (χ4n) is 3.04. The van der Waals surface area contributed by atoms with E-state index in [0.717, 1.165) is 32.7 Å². The molecule has 4 heteroatoms. The summed E-state index contributed by atoms with van der Waals surface area (Å²) >= 11 is 0. The Kier molecular flexibility index (Phi) is 6.15. The van der Waals surface area contributed by atoms with Gasteiger partial charge in [0.05, 0.1) is 6.10 Å². The molecule has 1 N–H and O–H groups in total. The van der Waals surface area contributed by atoms with Crippen LogP contribution in [0.5, 0.6) is 0 Å². The summed E-state index contributed by atoms with van der Waals surface area (Å²) in [4.78, 5) is 4.86. The molecule has 21 heavy (non-hydrogen) atoms. The lowest BCUT2D eigenvalue weighted by Gasteiger charge is -2.36. The first-order valence-electron chi connectivity index (χ1n) is 7.99. The third-order valence-electron chi connectivity index (χ3n) is 4.31. The summed E-state index contributed by atoms with van der Waals surface area (Å²) in [7, 11) is 0. The molecule has 2 atom stereocenters. The normalized spacial score (nSPS) is 20.4. The number of aliphatic hydroxyl groups excluding tert-OH is 1. The second-order valence-corrected chi connectivity index (χ2v) is 6.09. The van der Waals surface area contributed by atoms with Crippen molar-refractivity contribution < 1.29 is 9.50 Å². The summed E-state index contributed by atoms with van der Waals surface area (Å²) in [5.74, 6) is -0.288. The van der Waals surface area contributed by atoms with Gasteiger partial charge in [-0.15, -0.1) is 0 Å². The molecule has 0 radical (unpaired) electrons. The van der Waals surface area contributed by atoms with Crippen molar-refractivity contribution >= 4 is 0 Å². The molecule has 1 aliphatic heterocycles. The Hall–Kier alpha value is -0.970. The van der Waals surface area contributed by atoms with Gasteiger partial charge in [-0.25, -0.2) is 4.39 Å². The highest BCUT2D eigenvalue weighted by Gasteiger charge is 2.23.